The van der Waals surface area contributed by atoms with Gasteiger partial charge in [0.05, 0.1) is 12.1 Å². The molecule has 0 atom stereocenters. The van der Waals surface area contributed by atoms with Crippen LogP contribution in [0.4, 0.5) is 5.82 Å². The minimum Gasteiger partial charge on any atom is -0.308 e. The van der Waals surface area contributed by atoms with Gasteiger partial charge in [-0.05, 0) is 42.0 Å². The van der Waals surface area contributed by atoms with Gasteiger partial charge in [0.1, 0.15) is 5.70 Å². The molecule has 2 aromatic carbocycles. The van der Waals surface area contributed by atoms with Crippen molar-refractivity contribution in [2.75, 3.05) is 5.32 Å². The highest BCUT2D eigenvalue weighted by atomic mass is 35.5. The summed E-state index contributed by atoms with van der Waals surface area (Å²) in [6.07, 6.45) is 5.15. The first kappa shape index (κ1) is 16.2. The van der Waals surface area contributed by atoms with Gasteiger partial charge in [-0.1, -0.05) is 35.9 Å². The van der Waals surface area contributed by atoms with Gasteiger partial charge in [-0.15, -0.1) is 0 Å². The van der Waals surface area contributed by atoms with Gasteiger partial charge < -0.3 is 10.7 Å². The number of anilines is 1. The van der Waals surface area contributed by atoms with Crippen LogP contribution < -0.4 is 16.2 Å². The van der Waals surface area contributed by atoms with Crippen LogP contribution in [0, 0.1) is 0 Å². The summed E-state index contributed by atoms with van der Waals surface area (Å²) in [7, 11) is 0. The highest BCUT2D eigenvalue weighted by Gasteiger charge is 2.16. The number of rotatable bonds is 4. The van der Waals surface area contributed by atoms with Gasteiger partial charge in [0.15, 0.2) is 5.82 Å². The molecule has 0 aliphatic carbocycles. The zero-order valence-electron chi connectivity index (χ0n) is 13.7. The van der Waals surface area contributed by atoms with Crippen LogP contribution in [0.25, 0.3) is 10.9 Å². The summed E-state index contributed by atoms with van der Waals surface area (Å²) < 4.78 is 1.87. The number of hydrogen-bond donors (Lipinski definition) is 3. The lowest BCUT2D eigenvalue weighted by atomic mass is 10.2. The van der Waals surface area contributed by atoms with Gasteiger partial charge in [0.25, 0.3) is 5.91 Å². The summed E-state index contributed by atoms with van der Waals surface area (Å²) in [5, 5.41) is 9.05. The number of allylic oxidation sites excluding steroid dienone is 2. The average Bonchev–Trinajstić information content (AvgIpc) is 3.02. The molecule has 2 heterocycles. The topological polar surface area (TPSA) is 71.0 Å². The second-order valence-electron chi connectivity index (χ2n) is 5.81. The molecule has 7 heteroatoms. The summed E-state index contributed by atoms with van der Waals surface area (Å²) in [6.45, 7) is 0.582. The van der Waals surface area contributed by atoms with Gasteiger partial charge in [0.2, 0.25) is 0 Å². The molecule has 0 radical (unpaired) electrons. The lowest BCUT2D eigenvalue weighted by Gasteiger charge is -2.12. The first-order chi connectivity index (χ1) is 12.7. The molecule has 1 aliphatic rings. The Labute approximate surface area is 155 Å². The van der Waals surface area contributed by atoms with Crippen molar-refractivity contribution >= 4 is 34.2 Å². The van der Waals surface area contributed by atoms with Crippen molar-refractivity contribution in [2.45, 2.75) is 6.54 Å². The number of nitrogens with one attached hydrogen (secondary N) is 3. The molecule has 3 aromatic rings. The van der Waals surface area contributed by atoms with Gasteiger partial charge >= 0.3 is 0 Å². The second kappa shape index (κ2) is 6.93. The Bertz CT molecular complexity index is 1020. The predicted molar refractivity (Wildman–Crippen MR) is 102 cm³/mol. The van der Waals surface area contributed by atoms with Gasteiger partial charge in [0, 0.05) is 16.6 Å². The molecule has 0 spiro atoms. The van der Waals surface area contributed by atoms with Crippen molar-refractivity contribution in [2.24, 2.45) is 0 Å². The molecule has 130 valence electrons. The number of halogens is 1. The van der Waals surface area contributed by atoms with E-state index in [-0.39, 0.29) is 5.91 Å². The van der Waals surface area contributed by atoms with Gasteiger partial charge in [-0.3, -0.25) is 14.9 Å². The molecule has 0 fully saturated rings. The monoisotopic (exact) mass is 365 g/mol. The molecule has 26 heavy (non-hydrogen) atoms. The van der Waals surface area contributed by atoms with E-state index < -0.39 is 0 Å². The molecular formula is C19H16ClN5O. The maximum atomic E-state index is 12.4. The third kappa shape index (κ3) is 3.27. The first-order valence-corrected chi connectivity index (χ1v) is 8.48. The molecule has 0 saturated carbocycles. The zero-order valence-corrected chi connectivity index (χ0v) is 14.5. The molecular weight excluding hydrogens is 350 g/mol. The Kier molecular flexibility index (Phi) is 4.33. The van der Waals surface area contributed by atoms with Gasteiger partial charge in [-0.2, -0.15) is 5.10 Å². The minimum atomic E-state index is -0.260. The lowest BCUT2D eigenvalue weighted by Crippen LogP contribution is -2.34. The largest absolute Gasteiger partial charge is 0.308 e. The van der Waals surface area contributed by atoms with Crippen molar-refractivity contribution in [3.05, 3.63) is 83.2 Å². The van der Waals surface area contributed by atoms with E-state index in [9.17, 15) is 4.79 Å². The summed E-state index contributed by atoms with van der Waals surface area (Å²) in [4.78, 5) is 12.4. The number of nitrogens with zero attached hydrogens (tertiary/aromatic N) is 2. The van der Waals surface area contributed by atoms with E-state index in [1.165, 1.54) is 0 Å². The molecule has 0 saturated heterocycles. The minimum absolute atomic E-state index is 0.260. The van der Waals surface area contributed by atoms with Gasteiger partial charge in [-0.25, -0.2) is 0 Å². The van der Waals surface area contributed by atoms with Crippen molar-refractivity contribution < 1.29 is 4.79 Å². The number of benzene rings is 2. The predicted octanol–water partition coefficient (Wildman–Crippen LogP) is 3.18. The van der Waals surface area contributed by atoms with Crippen LogP contribution >= 0.6 is 11.6 Å². The van der Waals surface area contributed by atoms with Crippen LogP contribution in [0.15, 0.2) is 72.6 Å². The molecule has 0 bridgehead atoms. The van der Waals surface area contributed by atoms with Crippen molar-refractivity contribution in [1.29, 1.82) is 0 Å². The van der Waals surface area contributed by atoms with E-state index in [0.717, 1.165) is 16.5 Å². The van der Waals surface area contributed by atoms with Crippen LogP contribution in [0.1, 0.15) is 5.56 Å². The van der Waals surface area contributed by atoms with Crippen LogP contribution in [0.5, 0.6) is 0 Å². The van der Waals surface area contributed by atoms with Crippen LogP contribution in [0.3, 0.4) is 0 Å². The van der Waals surface area contributed by atoms with Crippen LogP contribution in [0.2, 0.25) is 5.02 Å². The number of carbonyl (C=O) groups excluding carboxylic acids is 1. The molecule has 4 rings (SSSR count). The average molecular weight is 366 g/mol. The van der Waals surface area contributed by atoms with E-state index in [0.29, 0.717) is 23.1 Å². The maximum Gasteiger partial charge on any atom is 0.274 e. The van der Waals surface area contributed by atoms with E-state index in [1.54, 1.807) is 18.4 Å². The second-order valence-corrected chi connectivity index (χ2v) is 6.25. The fraction of sp³-hybridized carbons (Fsp3) is 0.0526. The highest BCUT2D eigenvalue weighted by molar-refractivity contribution is 6.30. The fourth-order valence-corrected chi connectivity index (χ4v) is 2.89. The Balaban J connectivity index is 1.65. The summed E-state index contributed by atoms with van der Waals surface area (Å²) >= 11 is 5.95. The Morgan fingerprint density at radius 2 is 1.96 bits per heavy atom. The number of fused-ring (bicyclic) bond motifs is 1. The number of amides is 1. The zero-order chi connectivity index (χ0) is 17.9. The summed E-state index contributed by atoms with van der Waals surface area (Å²) in [6, 6.07) is 15.4. The molecule has 1 aromatic heterocycles. The quantitative estimate of drug-likeness (QED) is 0.664. The molecule has 1 aliphatic heterocycles. The smallest absolute Gasteiger partial charge is 0.274 e. The van der Waals surface area contributed by atoms with Crippen molar-refractivity contribution in [3.63, 3.8) is 0 Å². The van der Waals surface area contributed by atoms with E-state index in [4.69, 9.17) is 11.6 Å². The highest BCUT2D eigenvalue weighted by Crippen LogP contribution is 2.24. The SMILES string of the molecule is O=C(Nc1nn(Cc2ccc(Cl)cc2)c2ccccc12)C1=CC=CNN1. The normalized spacial score (nSPS) is 13.0. The van der Waals surface area contributed by atoms with Crippen molar-refractivity contribution in [1.82, 2.24) is 20.6 Å². The third-order valence-electron chi connectivity index (χ3n) is 4.03. The number of carbonyl (C=O) groups is 1. The van der Waals surface area contributed by atoms with Crippen LogP contribution in [-0.4, -0.2) is 15.7 Å². The lowest BCUT2D eigenvalue weighted by molar-refractivity contribution is -0.113. The third-order valence-corrected chi connectivity index (χ3v) is 4.28. The Morgan fingerprint density at radius 1 is 1.15 bits per heavy atom. The first-order valence-electron chi connectivity index (χ1n) is 8.10. The summed E-state index contributed by atoms with van der Waals surface area (Å²) in [5.74, 6) is 0.264. The Morgan fingerprint density at radius 3 is 2.73 bits per heavy atom. The number of para-hydroxylation sites is 1. The van der Waals surface area contributed by atoms with Crippen molar-refractivity contribution in [3.8, 4) is 0 Å². The van der Waals surface area contributed by atoms with E-state index in [2.05, 4.69) is 21.3 Å². The molecule has 1 amide bonds. The Hall–Kier alpha value is -3.25. The van der Waals surface area contributed by atoms with E-state index in [1.807, 2.05) is 53.2 Å². The number of hydrazine groups is 1. The van der Waals surface area contributed by atoms with Crippen LogP contribution in [-0.2, 0) is 11.3 Å². The number of aromatic nitrogens is 2. The molecule has 6 nitrogen and oxygen atoms in total. The molecule has 3 N–H and O–H groups in total. The maximum absolute atomic E-state index is 12.4. The number of hydrogen-bond acceptors (Lipinski definition) is 4. The standard InChI is InChI=1S/C19H16ClN5O/c20-14-9-7-13(8-10-14)12-25-17-6-2-1-4-15(17)18(24-25)22-19(26)16-5-3-11-21-23-16/h1-11,21,23H,12H2,(H,22,24,26). The fourth-order valence-electron chi connectivity index (χ4n) is 2.76. The van der Waals surface area contributed by atoms with E-state index >= 15 is 0 Å². The molecule has 0 unspecified atom stereocenters. The summed E-state index contributed by atoms with van der Waals surface area (Å²) in [5.41, 5.74) is 8.03.